The van der Waals surface area contributed by atoms with Crippen LogP contribution in [-0.4, -0.2) is 24.3 Å². The van der Waals surface area contributed by atoms with Gasteiger partial charge in [0.2, 0.25) is 0 Å². The predicted molar refractivity (Wildman–Crippen MR) is 92.8 cm³/mol. The van der Waals surface area contributed by atoms with Crippen molar-refractivity contribution >= 4 is 23.7 Å². The second kappa shape index (κ2) is 8.94. The number of carbonyl (C=O) groups is 2. The van der Waals surface area contributed by atoms with Crippen LogP contribution in [0.3, 0.4) is 0 Å². The third kappa shape index (κ3) is 5.69. The number of halogens is 1. The highest BCUT2D eigenvalue weighted by Gasteiger charge is 2.20. The number of methoxy groups -OCH3 is 1. The Kier molecular flexibility index (Phi) is 6.65. The molecule has 0 saturated heterocycles. The summed E-state index contributed by atoms with van der Waals surface area (Å²) in [4.78, 5) is 23.1. The van der Waals surface area contributed by atoms with Crippen molar-refractivity contribution < 1.29 is 24.2 Å². The molecule has 7 heteroatoms. The summed E-state index contributed by atoms with van der Waals surface area (Å²) >= 11 is 6.07. The van der Waals surface area contributed by atoms with E-state index in [0.717, 1.165) is 5.56 Å². The number of alkyl carbamates (subject to hydrolysis) is 1. The fourth-order valence-corrected chi connectivity index (χ4v) is 2.50. The molecular formula is C18H18ClNO5. The smallest absolute Gasteiger partial charge is 0.407 e. The Labute approximate surface area is 150 Å². The third-order valence-electron chi connectivity index (χ3n) is 3.46. The molecule has 0 aliphatic rings. The summed E-state index contributed by atoms with van der Waals surface area (Å²) in [5.41, 5.74) is 1.38. The summed E-state index contributed by atoms with van der Waals surface area (Å²) in [7, 11) is 1.48. The molecular weight excluding hydrogens is 346 g/mol. The van der Waals surface area contributed by atoms with Crippen LogP contribution in [0.1, 0.15) is 23.6 Å². The van der Waals surface area contributed by atoms with Crippen LogP contribution in [-0.2, 0) is 16.1 Å². The zero-order valence-electron chi connectivity index (χ0n) is 13.6. The minimum Gasteiger partial charge on any atom is -0.495 e. The number of carboxylic acids is 1. The monoisotopic (exact) mass is 363 g/mol. The lowest BCUT2D eigenvalue weighted by atomic mass is 10.0. The van der Waals surface area contributed by atoms with E-state index in [1.807, 2.05) is 30.3 Å². The quantitative estimate of drug-likeness (QED) is 0.781. The number of carbonyl (C=O) groups excluding carboxylic acids is 1. The first kappa shape index (κ1) is 18.6. The van der Waals surface area contributed by atoms with Crippen LogP contribution in [0.15, 0.2) is 48.5 Å². The summed E-state index contributed by atoms with van der Waals surface area (Å²) < 4.78 is 10.2. The molecule has 1 amide bonds. The van der Waals surface area contributed by atoms with Gasteiger partial charge in [0.25, 0.3) is 0 Å². The van der Waals surface area contributed by atoms with Crippen molar-refractivity contribution in [1.82, 2.24) is 5.32 Å². The molecule has 1 atom stereocenters. The van der Waals surface area contributed by atoms with Gasteiger partial charge in [0.15, 0.2) is 0 Å². The van der Waals surface area contributed by atoms with Crippen molar-refractivity contribution in [2.45, 2.75) is 19.1 Å². The lowest BCUT2D eigenvalue weighted by molar-refractivity contribution is -0.137. The largest absolute Gasteiger partial charge is 0.495 e. The maximum absolute atomic E-state index is 12.0. The van der Waals surface area contributed by atoms with Gasteiger partial charge in [-0.05, 0) is 23.3 Å². The van der Waals surface area contributed by atoms with E-state index in [4.69, 9.17) is 26.2 Å². The number of nitrogens with one attached hydrogen (secondary N) is 1. The van der Waals surface area contributed by atoms with E-state index >= 15 is 0 Å². The molecule has 0 aromatic heterocycles. The van der Waals surface area contributed by atoms with Crippen molar-refractivity contribution in [1.29, 1.82) is 0 Å². The van der Waals surface area contributed by atoms with Crippen LogP contribution in [0.2, 0.25) is 5.02 Å². The van der Waals surface area contributed by atoms with Crippen LogP contribution in [0.5, 0.6) is 5.75 Å². The lowest BCUT2D eigenvalue weighted by Crippen LogP contribution is -2.30. The fraction of sp³-hybridized carbons (Fsp3) is 0.222. The van der Waals surface area contributed by atoms with E-state index in [1.165, 1.54) is 7.11 Å². The molecule has 0 spiro atoms. The zero-order chi connectivity index (χ0) is 18.2. The molecule has 6 nitrogen and oxygen atoms in total. The van der Waals surface area contributed by atoms with Crippen LogP contribution < -0.4 is 10.1 Å². The van der Waals surface area contributed by atoms with Gasteiger partial charge < -0.3 is 19.9 Å². The second-order valence-electron chi connectivity index (χ2n) is 5.25. The van der Waals surface area contributed by atoms with Gasteiger partial charge in [0, 0.05) is 0 Å². The van der Waals surface area contributed by atoms with E-state index in [-0.39, 0.29) is 13.0 Å². The van der Waals surface area contributed by atoms with Gasteiger partial charge in [0.1, 0.15) is 12.4 Å². The van der Waals surface area contributed by atoms with Gasteiger partial charge in [-0.25, -0.2) is 4.79 Å². The molecule has 0 aliphatic carbocycles. The number of hydrogen-bond acceptors (Lipinski definition) is 4. The van der Waals surface area contributed by atoms with Gasteiger partial charge >= 0.3 is 12.1 Å². The molecule has 0 fully saturated rings. The highest BCUT2D eigenvalue weighted by molar-refractivity contribution is 6.32. The molecule has 0 unspecified atom stereocenters. The first-order valence-corrected chi connectivity index (χ1v) is 7.90. The molecule has 0 bridgehead atoms. The van der Waals surface area contributed by atoms with E-state index in [0.29, 0.717) is 16.3 Å². The predicted octanol–water partition coefficient (Wildman–Crippen LogP) is 3.79. The van der Waals surface area contributed by atoms with E-state index in [9.17, 15) is 9.59 Å². The Morgan fingerprint density at radius 3 is 2.52 bits per heavy atom. The lowest BCUT2D eigenvalue weighted by Gasteiger charge is -2.18. The number of amides is 1. The van der Waals surface area contributed by atoms with Crippen molar-refractivity contribution in [3.8, 4) is 5.75 Å². The second-order valence-corrected chi connectivity index (χ2v) is 5.66. The Bertz CT molecular complexity index is 736. The molecule has 2 rings (SSSR count). The van der Waals surface area contributed by atoms with E-state index in [2.05, 4.69) is 5.32 Å². The first-order chi connectivity index (χ1) is 12.0. The standard InChI is InChI=1S/C18H18ClNO5/c1-24-16-8-7-13(9-14(16)19)15(10-17(21)22)20-18(23)25-11-12-5-3-2-4-6-12/h2-9,15H,10-11H2,1H3,(H,20,23)(H,21,22)/t15-/m0/s1. The minimum atomic E-state index is -1.06. The molecule has 2 aromatic rings. The van der Waals surface area contributed by atoms with Gasteiger partial charge in [-0.2, -0.15) is 0 Å². The average Bonchev–Trinajstić information content (AvgIpc) is 2.60. The van der Waals surface area contributed by atoms with Crippen molar-refractivity contribution in [2.75, 3.05) is 7.11 Å². The highest BCUT2D eigenvalue weighted by atomic mass is 35.5. The summed E-state index contributed by atoms with van der Waals surface area (Å²) in [6.45, 7) is 0.0931. The Hall–Kier alpha value is -2.73. The third-order valence-corrected chi connectivity index (χ3v) is 3.76. The Balaban J connectivity index is 2.05. The summed E-state index contributed by atoms with van der Waals surface area (Å²) in [6, 6.07) is 13.2. The summed E-state index contributed by atoms with van der Waals surface area (Å²) in [5, 5.41) is 12.0. The molecule has 25 heavy (non-hydrogen) atoms. The normalized spacial score (nSPS) is 11.4. The number of aliphatic carboxylic acids is 1. The van der Waals surface area contributed by atoms with Crippen LogP contribution in [0, 0.1) is 0 Å². The van der Waals surface area contributed by atoms with Gasteiger partial charge in [-0.1, -0.05) is 48.0 Å². The van der Waals surface area contributed by atoms with Gasteiger partial charge in [0.05, 0.1) is 24.6 Å². The van der Waals surface area contributed by atoms with Crippen molar-refractivity contribution in [2.24, 2.45) is 0 Å². The van der Waals surface area contributed by atoms with Crippen LogP contribution >= 0.6 is 11.6 Å². The van der Waals surface area contributed by atoms with Crippen LogP contribution in [0.25, 0.3) is 0 Å². The molecule has 2 aromatic carbocycles. The molecule has 132 valence electrons. The number of ether oxygens (including phenoxy) is 2. The van der Waals surface area contributed by atoms with Gasteiger partial charge in [-0.15, -0.1) is 0 Å². The molecule has 0 radical (unpaired) electrons. The fourth-order valence-electron chi connectivity index (χ4n) is 2.23. The average molecular weight is 364 g/mol. The topological polar surface area (TPSA) is 84.9 Å². The summed E-state index contributed by atoms with van der Waals surface area (Å²) in [6.07, 6.45) is -1.01. The summed E-state index contributed by atoms with van der Waals surface area (Å²) in [5.74, 6) is -0.591. The number of rotatable bonds is 7. The SMILES string of the molecule is COc1ccc([C@H](CC(=O)O)NC(=O)OCc2ccccc2)cc1Cl. The first-order valence-electron chi connectivity index (χ1n) is 7.52. The Morgan fingerprint density at radius 1 is 1.20 bits per heavy atom. The molecule has 0 saturated carbocycles. The number of carboxylic acid groups (broad SMARTS) is 1. The van der Waals surface area contributed by atoms with Gasteiger partial charge in [-0.3, -0.25) is 4.79 Å². The number of benzene rings is 2. The highest BCUT2D eigenvalue weighted by Crippen LogP contribution is 2.28. The van der Waals surface area contributed by atoms with Crippen molar-refractivity contribution in [3.05, 3.63) is 64.7 Å². The maximum atomic E-state index is 12.0. The molecule has 0 aliphatic heterocycles. The number of hydrogen-bond donors (Lipinski definition) is 2. The Morgan fingerprint density at radius 2 is 1.92 bits per heavy atom. The van der Waals surface area contributed by atoms with E-state index < -0.39 is 18.1 Å². The zero-order valence-corrected chi connectivity index (χ0v) is 14.3. The maximum Gasteiger partial charge on any atom is 0.407 e. The molecule has 0 heterocycles. The van der Waals surface area contributed by atoms with E-state index in [1.54, 1.807) is 18.2 Å². The minimum absolute atomic E-state index is 0.0931. The van der Waals surface area contributed by atoms with Crippen molar-refractivity contribution in [3.63, 3.8) is 0 Å². The van der Waals surface area contributed by atoms with Crippen LogP contribution in [0.4, 0.5) is 4.79 Å². The molecule has 2 N–H and O–H groups in total.